The maximum absolute atomic E-state index is 12.9. The molecule has 1 aliphatic rings. The van der Waals surface area contributed by atoms with E-state index in [1.54, 1.807) is 16.4 Å². The van der Waals surface area contributed by atoms with Crippen LogP contribution in [0, 0.1) is 0 Å². The minimum atomic E-state index is -3.44. The van der Waals surface area contributed by atoms with Gasteiger partial charge in [0.25, 0.3) is 10.0 Å². The summed E-state index contributed by atoms with van der Waals surface area (Å²) in [6.45, 7) is 2.48. The van der Waals surface area contributed by atoms with Crippen molar-refractivity contribution in [2.75, 3.05) is 40.4 Å². The molecule has 0 radical (unpaired) electrons. The first-order chi connectivity index (χ1) is 9.91. The summed E-state index contributed by atoms with van der Waals surface area (Å²) >= 11 is 4.60. The summed E-state index contributed by atoms with van der Waals surface area (Å²) in [4.78, 5) is 2.01. The fourth-order valence-corrected chi connectivity index (χ4v) is 6.14. The van der Waals surface area contributed by atoms with E-state index < -0.39 is 10.0 Å². The molecule has 120 valence electrons. The maximum Gasteiger partial charge on any atom is 0.252 e. The standard InChI is InChI=1S/C13H21BrN2O3S2/c1-15(2)7-8-16(11-5-9-19-10-6-11)21(17,18)13-4-3-12(14)20-13/h3-4,11H,5-10H2,1-2H3. The Morgan fingerprint density at radius 2 is 1.95 bits per heavy atom. The monoisotopic (exact) mass is 396 g/mol. The number of hydrogen-bond donors (Lipinski definition) is 0. The number of sulfonamides is 1. The Balaban J connectivity index is 2.24. The van der Waals surface area contributed by atoms with E-state index >= 15 is 0 Å². The van der Waals surface area contributed by atoms with Gasteiger partial charge in [-0.1, -0.05) is 0 Å². The first-order valence-corrected chi connectivity index (χ1v) is 9.96. The Kier molecular flexibility index (Phi) is 6.22. The highest BCUT2D eigenvalue weighted by atomic mass is 79.9. The van der Waals surface area contributed by atoms with Gasteiger partial charge in [-0.05, 0) is 55.0 Å². The zero-order chi connectivity index (χ0) is 15.5. The lowest BCUT2D eigenvalue weighted by Crippen LogP contribution is -2.45. The summed E-state index contributed by atoms with van der Waals surface area (Å²) in [5.74, 6) is 0. The molecule has 0 spiro atoms. The molecular formula is C13H21BrN2O3S2. The van der Waals surface area contributed by atoms with E-state index in [1.807, 2.05) is 19.0 Å². The Morgan fingerprint density at radius 3 is 2.48 bits per heavy atom. The van der Waals surface area contributed by atoms with E-state index in [4.69, 9.17) is 4.74 Å². The van der Waals surface area contributed by atoms with Crippen LogP contribution >= 0.6 is 27.3 Å². The highest BCUT2D eigenvalue weighted by Crippen LogP contribution is 2.30. The average molecular weight is 397 g/mol. The van der Waals surface area contributed by atoms with Crippen molar-refractivity contribution in [3.05, 3.63) is 15.9 Å². The Bertz CT molecular complexity index is 554. The fourth-order valence-electron chi connectivity index (χ4n) is 2.32. The summed E-state index contributed by atoms with van der Waals surface area (Å²) in [6.07, 6.45) is 1.53. The van der Waals surface area contributed by atoms with Crippen LogP contribution in [0.1, 0.15) is 12.8 Å². The third-order valence-corrected chi connectivity index (χ3v) is 7.52. The smallest absolute Gasteiger partial charge is 0.252 e. The normalized spacial score (nSPS) is 17.8. The summed E-state index contributed by atoms with van der Waals surface area (Å²) in [5, 5.41) is 0. The van der Waals surface area contributed by atoms with Crippen LogP contribution in [0.25, 0.3) is 0 Å². The Hall–Kier alpha value is 0.01000. The van der Waals surface area contributed by atoms with Crippen molar-refractivity contribution in [1.82, 2.24) is 9.21 Å². The SMILES string of the molecule is CN(C)CCN(C1CCOCC1)S(=O)(=O)c1ccc(Br)s1. The van der Waals surface area contributed by atoms with Crippen molar-refractivity contribution >= 4 is 37.3 Å². The number of thiophene rings is 1. The maximum atomic E-state index is 12.9. The van der Waals surface area contributed by atoms with Gasteiger partial charge >= 0.3 is 0 Å². The van der Waals surface area contributed by atoms with Crippen LogP contribution in [0.4, 0.5) is 0 Å². The number of halogens is 1. The molecule has 5 nitrogen and oxygen atoms in total. The predicted octanol–water partition coefficient (Wildman–Crippen LogP) is 2.24. The van der Waals surface area contributed by atoms with Crippen LogP contribution in [0.15, 0.2) is 20.1 Å². The van der Waals surface area contributed by atoms with Crippen molar-refractivity contribution in [2.24, 2.45) is 0 Å². The molecule has 0 saturated carbocycles. The first-order valence-electron chi connectivity index (χ1n) is 6.91. The van der Waals surface area contributed by atoms with Crippen molar-refractivity contribution in [3.8, 4) is 0 Å². The van der Waals surface area contributed by atoms with Crippen molar-refractivity contribution in [3.63, 3.8) is 0 Å². The summed E-state index contributed by atoms with van der Waals surface area (Å²) < 4.78 is 34.1. The zero-order valence-electron chi connectivity index (χ0n) is 12.3. The molecule has 2 rings (SSSR count). The number of nitrogens with zero attached hydrogens (tertiary/aromatic N) is 2. The molecule has 0 atom stereocenters. The number of hydrogen-bond acceptors (Lipinski definition) is 5. The van der Waals surface area contributed by atoms with E-state index in [9.17, 15) is 8.42 Å². The highest BCUT2D eigenvalue weighted by Gasteiger charge is 2.33. The van der Waals surface area contributed by atoms with E-state index in [2.05, 4.69) is 15.9 Å². The predicted molar refractivity (Wildman–Crippen MR) is 88.3 cm³/mol. The van der Waals surface area contributed by atoms with Crippen LogP contribution < -0.4 is 0 Å². The van der Waals surface area contributed by atoms with Crippen molar-refractivity contribution in [1.29, 1.82) is 0 Å². The molecule has 21 heavy (non-hydrogen) atoms. The summed E-state index contributed by atoms with van der Waals surface area (Å²) in [6, 6.07) is 3.49. The lowest BCUT2D eigenvalue weighted by molar-refractivity contribution is 0.0573. The average Bonchev–Trinajstić information content (AvgIpc) is 2.87. The molecule has 0 aromatic carbocycles. The second kappa shape index (κ2) is 7.52. The number of likely N-dealkylation sites (N-methyl/N-ethyl adjacent to an activating group) is 1. The molecule has 0 amide bonds. The van der Waals surface area contributed by atoms with Gasteiger partial charge in [-0.3, -0.25) is 0 Å². The van der Waals surface area contributed by atoms with Crippen molar-refractivity contribution in [2.45, 2.75) is 23.1 Å². The van der Waals surface area contributed by atoms with Crippen LogP contribution in [-0.4, -0.2) is 64.1 Å². The summed E-state index contributed by atoms with van der Waals surface area (Å²) in [5.41, 5.74) is 0. The van der Waals surface area contributed by atoms with Gasteiger partial charge in [0, 0.05) is 32.3 Å². The largest absolute Gasteiger partial charge is 0.381 e. The molecule has 1 aromatic rings. The van der Waals surface area contributed by atoms with E-state index in [1.165, 1.54) is 11.3 Å². The van der Waals surface area contributed by atoms with Gasteiger partial charge in [-0.2, -0.15) is 4.31 Å². The molecule has 1 fully saturated rings. The van der Waals surface area contributed by atoms with Gasteiger partial charge < -0.3 is 9.64 Å². The molecule has 0 aliphatic carbocycles. The minimum Gasteiger partial charge on any atom is -0.381 e. The van der Waals surface area contributed by atoms with Crippen LogP contribution in [0.3, 0.4) is 0 Å². The Morgan fingerprint density at radius 1 is 1.29 bits per heavy atom. The Labute approximate surface area is 139 Å². The summed E-state index contributed by atoms with van der Waals surface area (Å²) in [7, 11) is 0.474. The number of rotatable bonds is 6. The third kappa shape index (κ3) is 4.49. The second-order valence-electron chi connectivity index (χ2n) is 5.32. The third-order valence-electron chi connectivity index (χ3n) is 3.48. The van der Waals surface area contributed by atoms with Crippen LogP contribution in [0.5, 0.6) is 0 Å². The second-order valence-corrected chi connectivity index (χ2v) is 9.90. The molecule has 2 heterocycles. The highest BCUT2D eigenvalue weighted by molar-refractivity contribution is 9.11. The lowest BCUT2D eigenvalue weighted by atomic mass is 10.1. The van der Waals surface area contributed by atoms with Crippen LogP contribution in [-0.2, 0) is 14.8 Å². The number of ether oxygens (including phenoxy) is 1. The van der Waals surface area contributed by atoms with Gasteiger partial charge in [0.15, 0.2) is 0 Å². The zero-order valence-corrected chi connectivity index (χ0v) is 15.5. The van der Waals surface area contributed by atoms with Gasteiger partial charge in [-0.15, -0.1) is 11.3 Å². The molecule has 0 unspecified atom stereocenters. The molecule has 1 aliphatic heterocycles. The quantitative estimate of drug-likeness (QED) is 0.739. The van der Waals surface area contributed by atoms with Gasteiger partial charge in [0.2, 0.25) is 0 Å². The molecule has 1 saturated heterocycles. The van der Waals surface area contributed by atoms with Crippen molar-refractivity contribution < 1.29 is 13.2 Å². The van der Waals surface area contributed by atoms with Gasteiger partial charge in [0.1, 0.15) is 4.21 Å². The van der Waals surface area contributed by atoms with E-state index in [0.29, 0.717) is 30.5 Å². The first kappa shape index (κ1) is 17.4. The van der Waals surface area contributed by atoms with E-state index in [0.717, 1.165) is 16.6 Å². The molecule has 8 heteroatoms. The van der Waals surface area contributed by atoms with Gasteiger partial charge in [0.05, 0.1) is 3.79 Å². The lowest BCUT2D eigenvalue weighted by Gasteiger charge is -2.33. The topological polar surface area (TPSA) is 49.9 Å². The van der Waals surface area contributed by atoms with Crippen LogP contribution in [0.2, 0.25) is 0 Å². The molecule has 0 N–H and O–H groups in total. The molecule has 0 bridgehead atoms. The minimum absolute atomic E-state index is 0.0320. The molecule has 1 aromatic heterocycles. The molecular weight excluding hydrogens is 376 g/mol. The van der Waals surface area contributed by atoms with Gasteiger partial charge in [-0.25, -0.2) is 8.42 Å². The van der Waals surface area contributed by atoms with E-state index in [-0.39, 0.29) is 6.04 Å². The fraction of sp³-hybridized carbons (Fsp3) is 0.692.